The van der Waals surface area contributed by atoms with Gasteiger partial charge in [0, 0.05) is 23.1 Å². The van der Waals surface area contributed by atoms with Crippen LogP contribution in [0.1, 0.15) is 21.5 Å². The smallest absolute Gasteiger partial charge is 0.189 e. The zero-order valence-corrected chi connectivity index (χ0v) is 13.3. The van der Waals surface area contributed by atoms with E-state index in [2.05, 4.69) is 15.9 Å². The third-order valence-electron chi connectivity index (χ3n) is 3.67. The van der Waals surface area contributed by atoms with Gasteiger partial charge in [-0.2, -0.15) is 0 Å². The van der Waals surface area contributed by atoms with Crippen LogP contribution in [0.2, 0.25) is 0 Å². The van der Waals surface area contributed by atoms with Gasteiger partial charge in [0.25, 0.3) is 0 Å². The van der Waals surface area contributed by atoms with Crippen molar-refractivity contribution in [1.29, 1.82) is 0 Å². The van der Waals surface area contributed by atoms with Gasteiger partial charge in [0.15, 0.2) is 17.3 Å². The molecule has 1 aliphatic carbocycles. The second kappa shape index (κ2) is 5.50. The van der Waals surface area contributed by atoms with Crippen LogP contribution in [-0.4, -0.2) is 23.1 Å². The highest BCUT2D eigenvalue weighted by Gasteiger charge is 2.27. The zero-order valence-electron chi connectivity index (χ0n) is 11.8. The number of ether oxygens (including phenoxy) is 1. The maximum Gasteiger partial charge on any atom is 0.189 e. The fourth-order valence-corrected chi connectivity index (χ4v) is 3.03. The molecule has 4 nitrogen and oxygen atoms in total. The Hall–Kier alpha value is -2.27. The molecule has 5 heteroatoms. The van der Waals surface area contributed by atoms with Crippen molar-refractivity contribution < 1.29 is 19.7 Å². The first kappa shape index (κ1) is 14.7. The Morgan fingerprint density at radius 3 is 2.73 bits per heavy atom. The molecular weight excluding hydrogens is 348 g/mol. The minimum Gasteiger partial charge on any atom is -0.508 e. The van der Waals surface area contributed by atoms with Crippen LogP contribution in [0.15, 0.2) is 40.4 Å². The minimum atomic E-state index is -0.0888. The quantitative estimate of drug-likeness (QED) is 0.801. The van der Waals surface area contributed by atoms with E-state index in [1.165, 1.54) is 7.11 Å². The fraction of sp³-hybridized carbons (Fsp3) is 0.118. The largest absolute Gasteiger partial charge is 0.508 e. The number of Topliss-reactive ketones (excluding diaryl/α,β-unsaturated/α-hetero) is 1. The summed E-state index contributed by atoms with van der Waals surface area (Å²) < 4.78 is 5.59. The lowest BCUT2D eigenvalue weighted by Crippen LogP contribution is -1.95. The highest BCUT2D eigenvalue weighted by atomic mass is 79.9. The van der Waals surface area contributed by atoms with Crippen LogP contribution in [0, 0.1) is 0 Å². The third kappa shape index (κ3) is 2.37. The van der Waals surface area contributed by atoms with Gasteiger partial charge in [-0.1, -0.05) is 12.1 Å². The summed E-state index contributed by atoms with van der Waals surface area (Å²) in [7, 11) is 1.47. The number of phenols is 2. The molecular formula is C17H13BrO4. The number of benzene rings is 2. The molecule has 2 aromatic rings. The third-order valence-corrected chi connectivity index (χ3v) is 4.27. The van der Waals surface area contributed by atoms with Crippen molar-refractivity contribution in [3.05, 3.63) is 57.1 Å². The number of carbonyl (C=O) groups is 1. The number of phenolic OH excluding ortho intramolecular Hbond substituents is 2. The normalized spacial score (nSPS) is 15.2. The van der Waals surface area contributed by atoms with Crippen molar-refractivity contribution in [2.45, 2.75) is 6.42 Å². The first-order valence-corrected chi connectivity index (χ1v) is 7.43. The number of hydrogen-bond acceptors (Lipinski definition) is 4. The minimum absolute atomic E-state index is 0.0170. The molecule has 112 valence electrons. The van der Waals surface area contributed by atoms with E-state index in [-0.39, 0.29) is 17.3 Å². The number of fused-ring (bicyclic) bond motifs is 1. The number of rotatable bonds is 2. The van der Waals surface area contributed by atoms with Gasteiger partial charge in [-0.15, -0.1) is 0 Å². The Balaban J connectivity index is 2.03. The number of ketones is 1. The van der Waals surface area contributed by atoms with Crippen molar-refractivity contribution in [2.24, 2.45) is 0 Å². The van der Waals surface area contributed by atoms with Gasteiger partial charge in [-0.05, 0) is 45.8 Å². The Morgan fingerprint density at radius 2 is 2.05 bits per heavy atom. The molecule has 0 spiro atoms. The molecule has 0 radical (unpaired) electrons. The Bertz CT molecular complexity index is 809. The molecule has 0 saturated carbocycles. The number of halogens is 1. The highest BCUT2D eigenvalue weighted by Crippen LogP contribution is 2.37. The summed E-state index contributed by atoms with van der Waals surface area (Å²) in [6.45, 7) is 0. The molecule has 1 aliphatic rings. The molecule has 0 unspecified atom stereocenters. The summed E-state index contributed by atoms with van der Waals surface area (Å²) in [6.07, 6.45) is 2.14. The molecule has 0 aromatic heterocycles. The average Bonchev–Trinajstić information content (AvgIpc) is 2.81. The number of carbonyl (C=O) groups excluding carboxylic acids is 1. The summed E-state index contributed by atoms with van der Waals surface area (Å²) >= 11 is 3.26. The number of hydrogen-bond donors (Lipinski definition) is 2. The first-order chi connectivity index (χ1) is 10.5. The zero-order chi connectivity index (χ0) is 15.9. The molecule has 0 bridgehead atoms. The second-order valence-electron chi connectivity index (χ2n) is 5.03. The maximum absolute atomic E-state index is 12.4. The van der Waals surface area contributed by atoms with Gasteiger partial charge in [0.1, 0.15) is 5.75 Å². The standard InChI is InChI=1S/C17H13BrO4/c1-22-15-7-9(6-13(18)17(15)21)5-10-8-12-11(16(10)20)3-2-4-14(12)19/h2-7,19,21H,8H2,1H3/b10-5+. The Kier molecular flexibility index (Phi) is 3.66. The van der Waals surface area contributed by atoms with Crippen LogP contribution in [0.5, 0.6) is 17.2 Å². The number of aromatic hydroxyl groups is 2. The van der Waals surface area contributed by atoms with Crippen LogP contribution in [0.25, 0.3) is 6.08 Å². The lowest BCUT2D eigenvalue weighted by Gasteiger charge is -2.07. The van der Waals surface area contributed by atoms with Crippen molar-refractivity contribution >= 4 is 27.8 Å². The van der Waals surface area contributed by atoms with Gasteiger partial charge < -0.3 is 14.9 Å². The summed E-state index contributed by atoms with van der Waals surface area (Å²) in [5, 5.41) is 19.7. The van der Waals surface area contributed by atoms with Crippen LogP contribution in [0.3, 0.4) is 0 Å². The Morgan fingerprint density at radius 1 is 1.27 bits per heavy atom. The van der Waals surface area contributed by atoms with Crippen LogP contribution in [-0.2, 0) is 6.42 Å². The molecule has 0 saturated heterocycles. The van der Waals surface area contributed by atoms with Gasteiger partial charge in [-0.3, -0.25) is 4.79 Å². The first-order valence-electron chi connectivity index (χ1n) is 6.64. The van der Waals surface area contributed by atoms with E-state index in [4.69, 9.17) is 4.74 Å². The van der Waals surface area contributed by atoms with E-state index in [1.54, 1.807) is 36.4 Å². The van der Waals surface area contributed by atoms with Crippen LogP contribution in [0.4, 0.5) is 0 Å². The predicted molar refractivity (Wildman–Crippen MR) is 86.5 cm³/mol. The molecule has 2 aromatic carbocycles. The van der Waals surface area contributed by atoms with E-state index in [9.17, 15) is 15.0 Å². The average molecular weight is 361 g/mol. The second-order valence-corrected chi connectivity index (χ2v) is 5.89. The molecule has 0 amide bonds. The van der Waals surface area contributed by atoms with Gasteiger partial charge in [0.05, 0.1) is 11.6 Å². The lowest BCUT2D eigenvalue weighted by atomic mass is 10.1. The van der Waals surface area contributed by atoms with E-state index < -0.39 is 0 Å². The van der Waals surface area contributed by atoms with Gasteiger partial charge in [-0.25, -0.2) is 0 Å². The van der Waals surface area contributed by atoms with Crippen LogP contribution >= 0.6 is 15.9 Å². The summed E-state index contributed by atoms with van der Waals surface area (Å²) in [4.78, 5) is 12.4. The maximum atomic E-state index is 12.4. The van der Waals surface area contributed by atoms with Crippen molar-refractivity contribution in [1.82, 2.24) is 0 Å². The van der Waals surface area contributed by atoms with Crippen molar-refractivity contribution in [3.63, 3.8) is 0 Å². The van der Waals surface area contributed by atoms with E-state index >= 15 is 0 Å². The van der Waals surface area contributed by atoms with E-state index in [0.29, 0.717) is 33.3 Å². The topological polar surface area (TPSA) is 66.8 Å². The molecule has 0 fully saturated rings. The summed E-state index contributed by atoms with van der Waals surface area (Å²) in [5.41, 5.74) is 2.52. The molecule has 22 heavy (non-hydrogen) atoms. The van der Waals surface area contributed by atoms with Gasteiger partial charge >= 0.3 is 0 Å². The number of allylic oxidation sites excluding steroid dienone is 1. The molecule has 0 heterocycles. The highest BCUT2D eigenvalue weighted by molar-refractivity contribution is 9.10. The predicted octanol–water partition coefficient (Wildman–Crippen LogP) is 3.69. The molecule has 2 N–H and O–H groups in total. The van der Waals surface area contributed by atoms with Crippen molar-refractivity contribution in [2.75, 3.05) is 7.11 Å². The van der Waals surface area contributed by atoms with Crippen molar-refractivity contribution in [3.8, 4) is 17.2 Å². The summed E-state index contributed by atoms with van der Waals surface area (Å²) in [6, 6.07) is 8.32. The number of methoxy groups -OCH3 is 1. The monoisotopic (exact) mass is 360 g/mol. The summed E-state index contributed by atoms with van der Waals surface area (Å²) in [5.74, 6) is 0.392. The fourth-order valence-electron chi connectivity index (χ4n) is 2.57. The SMILES string of the molecule is COc1cc(/C=C2\Cc3c(O)cccc3C2=O)cc(Br)c1O. The lowest BCUT2D eigenvalue weighted by molar-refractivity contribution is 0.104. The van der Waals surface area contributed by atoms with Gasteiger partial charge in [0.2, 0.25) is 0 Å². The van der Waals surface area contributed by atoms with E-state index in [1.807, 2.05) is 0 Å². The molecule has 3 rings (SSSR count). The van der Waals surface area contributed by atoms with Crippen LogP contribution < -0.4 is 4.74 Å². The Labute approximate surface area is 135 Å². The molecule has 0 atom stereocenters. The molecule has 0 aliphatic heterocycles. The van der Waals surface area contributed by atoms with E-state index in [0.717, 1.165) is 5.56 Å².